The maximum atomic E-state index is 12.5. The van der Waals surface area contributed by atoms with Crippen molar-refractivity contribution in [1.29, 1.82) is 0 Å². The Morgan fingerprint density at radius 3 is 2.08 bits per heavy atom. The quantitative estimate of drug-likeness (QED) is 0.412. The van der Waals surface area contributed by atoms with Gasteiger partial charge in [0.1, 0.15) is 12.3 Å². The average molecular weight is 460 g/mol. The molecule has 0 unspecified atom stereocenters. The van der Waals surface area contributed by atoms with Gasteiger partial charge >= 0.3 is 0 Å². The van der Waals surface area contributed by atoms with Crippen LogP contribution in [0.4, 0.5) is 5.69 Å². The summed E-state index contributed by atoms with van der Waals surface area (Å²) in [4.78, 5) is 38.5. The average Bonchev–Trinajstić information content (AvgIpc) is 2.75. The lowest BCUT2D eigenvalue weighted by atomic mass is 9.81. The number of hydrogen-bond donors (Lipinski definition) is 2. The Kier molecular flexibility index (Phi) is 4.96. The van der Waals surface area contributed by atoms with Crippen LogP contribution in [0.3, 0.4) is 0 Å². The monoisotopic (exact) mass is 458 g/mol. The second-order valence-corrected chi connectivity index (χ2v) is 8.43. The summed E-state index contributed by atoms with van der Waals surface area (Å²) in [6, 6.07) is 5.99. The number of hydrogen-bond acceptors (Lipinski definition) is 4. The number of rotatable bonds is 3. The highest BCUT2D eigenvalue weighted by molar-refractivity contribution is 9.12. The van der Waals surface area contributed by atoms with Crippen LogP contribution in [-0.4, -0.2) is 43.9 Å². The zero-order valence-corrected chi connectivity index (χ0v) is 15.8. The van der Waals surface area contributed by atoms with Gasteiger partial charge in [-0.05, 0) is 37.1 Å². The number of carbonyl (C=O) groups excluding carboxylic acids is 3. The first kappa shape index (κ1) is 17.4. The third-order valence-corrected chi connectivity index (χ3v) is 7.19. The molecule has 1 saturated carbocycles. The minimum atomic E-state index is -0.438. The fraction of sp³-hybridized carbons (Fsp3) is 0.438. The third kappa shape index (κ3) is 3.35. The molecule has 24 heavy (non-hydrogen) atoms. The summed E-state index contributed by atoms with van der Waals surface area (Å²) in [5.74, 6) is -1.58. The molecule has 1 aromatic carbocycles. The fourth-order valence-electron chi connectivity index (χ4n) is 3.21. The largest absolute Gasteiger partial charge is 0.508 e. The molecule has 8 heteroatoms. The first-order valence-corrected chi connectivity index (χ1v) is 9.42. The third-order valence-electron chi connectivity index (χ3n) is 4.46. The van der Waals surface area contributed by atoms with Gasteiger partial charge in [0.05, 0.1) is 11.8 Å². The molecule has 2 fully saturated rings. The molecule has 4 atom stereocenters. The lowest BCUT2D eigenvalue weighted by molar-refractivity contribution is -0.142. The predicted molar refractivity (Wildman–Crippen MR) is 95.1 cm³/mol. The van der Waals surface area contributed by atoms with E-state index in [1.54, 1.807) is 12.1 Å². The van der Waals surface area contributed by atoms with Crippen molar-refractivity contribution in [3.63, 3.8) is 0 Å². The van der Waals surface area contributed by atoms with E-state index in [9.17, 15) is 19.5 Å². The van der Waals surface area contributed by atoms with E-state index in [1.165, 1.54) is 12.1 Å². The van der Waals surface area contributed by atoms with Gasteiger partial charge in [-0.25, -0.2) is 0 Å². The van der Waals surface area contributed by atoms with Crippen LogP contribution in [0.2, 0.25) is 0 Å². The molecule has 0 spiro atoms. The Labute approximate surface area is 155 Å². The number of halogens is 2. The number of fused-ring (bicyclic) bond motifs is 1. The molecule has 1 saturated heterocycles. The van der Waals surface area contributed by atoms with Gasteiger partial charge < -0.3 is 10.4 Å². The van der Waals surface area contributed by atoms with Crippen LogP contribution in [0.5, 0.6) is 5.75 Å². The van der Waals surface area contributed by atoms with Crippen LogP contribution in [0, 0.1) is 11.8 Å². The number of anilines is 1. The van der Waals surface area contributed by atoms with Crippen LogP contribution < -0.4 is 5.32 Å². The lowest BCUT2D eigenvalue weighted by Gasteiger charge is -2.29. The number of imide groups is 1. The molecule has 1 aromatic rings. The molecule has 0 radical (unpaired) electrons. The number of likely N-dealkylation sites (tertiary alicyclic amines) is 1. The molecule has 2 aliphatic rings. The molecule has 1 heterocycles. The molecule has 128 valence electrons. The summed E-state index contributed by atoms with van der Waals surface area (Å²) < 4.78 is 0. The molecule has 0 bridgehead atoms. The summed E-state index contributed by atoms with van der Waals surface area (Å²) in [6.45, 7) is -0.286. The van der Waals surface area contributed by atoms with E-state index in [1.807, 2.05) is 0 Å². The van der Waals surface area contributed by atoms with Crippen LogP contribution >= 0.6 is 31.9 Å². The smallest absolute Gasteiger partial charge is 0.244 e. The fourth-order valence-corrected chi connectivity index (χ4v) is 4.45. The van der Waals surface area contributed by atoms with Gasteiger partial charge in [0.25, 0.3) is 0 Å². The Bertz CT molecular complexity index is 651. The van der Waals surface area contributed by atoms with Crippen molar-refractivity contribution in [2.24, 2.45) is 11.8 Å². The summed E-state index contributed by atoms with van der Waals surface area (Å²) >= 11 is 7.06. The Morgan fingerprint density at radius 2 is 1.58 bits per heavy atom. The molecular formula is C16H16Br2N2O4. The van der Waals surface area contributed by atoms with Crippen molar-refractivity contribution in [2.75, 3.05) is 11.9 Å². The van der Waals surface area contributed by atoms with Gasteiger partial charge in [-0.2, -0.15) is 0 Å². The number of nitrogens with one attached hydrogen (secondary N) is 1. The SMILES string of the molecule is O=C(CN1C(=O)[C@@H]2C[C@H](Br)[C@@H](Br)C[C@H]2C1=O)Nc1ccc(O)cc1. The Morgan fingerprint density at radius 1 is 1.08 bits per heavy atom. The van der Waals surface area contributed by atoms with Gasteiger partial charge in [-0.15, -0.1) is 0 Å². The maximum absolute atomic E-state index is 12.5. The normalized spacial score (nSPS) is 29.5. The molecule has 3 amide bonds. The predicted octanol–water partition coefficient (Wildman–Crippen LogP) is 2.25. The molecule has 1 aliphatic carbocycles. The van der Waals surface area contributed by atoms with E-state index in [2.05, 4.69) is 37.2 Å². The maximum Gasteiger partial charge on any atom is 0.244 e. The Hall–Kier alpha value is -1.41. The van der Waals surface area contributed by atoms with Crippen molar-refractivity contribution in [3.05, 3.63) is 24.3 Å². The molecule has 0 aromatic heterocycles. The molecule has 2 N–H and O–H groups in total. The van der Waals surface area contributed by atoms with Gasteiger partial charge in [0, 0.05) is 15.3 Å². The number of carbonyl (C=O) groups is 3. The summed E-state index contributed by atoms with van der Waals surface area (Å²) in [6.07, 6.45) is 1.17. The van der Waals surface area contributed by atoms with E-state index >= 15 is 0 Å². The van der Waals surface area contributed by atoms with E-state index in [0.29, 0.717) is 18.5 Å². The number of phenolic OH excluding ortho intramolecular Hbond substituents is 1. The van der Waals surface area contributed by atoms with Crippen LogP contribution in [0.15, 0.2) is 24.3 Å². The van der Waals surface area contributed by atoms with Crippen LogP contribution in [0.25, 0.3) is 0 Å². The Balaban J connectivity index is 1.66. The van der Waals surface area contributed by atoms with Gasteiger partial charge in [0.15, 0.2) is 0 Å². The standard InChI is InChI=1S/C16H16Br2N2O4/c17-12-5-10-11(6-13(12)18)16(24)20(15(10)23)7-14(22)19-8-1-3-9(21)4-2-8/h1-4,10-13,21H,5-7H2,(H,19,22)/t10-,11-,12+,13+/m1/s1. The van der Waals surface area contributed by atoms with E-state index < -0.39 is 5.91 Å². The number of alkyl halides is 2. The zero-order valence-electron chi connectivity index (χ0n) is 12.6. The summed E-state index contributed by atoms with van der Waals surface area (Å²) in [5, 5.41) is 11.9. The minimum absolute atomic E-state index is 0.0932. The number of aromatic hydroxyl groups is 1. The van der Waals surface area contributed by atoms with Gasteiger partial charge in [-0.1, -0.05) is 31.9 Å². The van der Waals surface area contributed by atoms with E-state index in [0.717, 1.165) is 4.90 Å². The van der Waals surface area contributed by atoms with Crippen molar-refractivity contribution < 1.29 is 19.5 Å². The van der Waals surface area contributed by atoms with Crippen molar-refractivity contribution in [2.45, 2.75) is 22.5 Å². The lowest BCUT2D eigenvalue weighted by Crippen LogP contribution is -2.38. The van der Waals surface area contributed by atoms with Crippen LogP contribution in [-0.2, 0) is 14.4 Å². The van der Waals surface area contributed by atoms with E-state index in [4.69, 9.17) is 0 Å². The highest BCUT2D eigenvalue weighted by atomic mass is 79.9. The summed E-state index contributed by atoms with van der Waals surface area (Å²) in [7, 11) is 0. The zero-order chi connectivity index (χ0) is 17.4. The first-order chi connectivity index (χ1) is 11.4. The topological polar surface area (TPSA) is 86.7 Å². The van der Waals surface area contributed by atoms with E-state index in [-0.39, 0.29) is 45.6 Å². The van der Waals surface area contributed by atoms with Crippen LogP contribution in [0.1, 0.15) is 12.8 Å². The second kappa shape index (κ2) is 6.84. The molecule has 3 rings (SSSR count). The summed E-state index contributed by atoms with van der Waals surface area (Å²) in [5.41, 5.74) is 0.496. The van der Waals surface area contributed by atoms with Crippen molar-refractivity contribution >= 4 is 55.3 Å². The highest BCUT2D eigenvalue weighted by Gasteiger charge is 2.52. The van der Waals surface area contributed by atoms with Gasteiger partial charge in [0.2, 0.25) is 17.7 Å². The van der Waals surface area contributed by atoms with Crippen molar-refractivity contribution in [3.8, 4) is 5.75 Å². The van der Waals surface area contributed by atoms with Crippen molar-refractivity contribution in [1.82, 2.24) is 4.90 Å². The molecule has 1 aliphatic heterocycles. The molecular weight excluding hydrogens is 444 g/mol. The highest BCUT2D eigenvalue weighted by Crippen LogP contribution is 2.43. The second-order valence-electron chi connectivity index (χ2n) is 6.07. The number of phenols is 1. The minimum Gasteiger partial charge on any atom is -0.508 e. The molecule has 6 nitrogen and oxygen atoms in total. The van der Waals surface area contributed by atoms with Gasteiger partial charge in [-0.3, -0.25) is 19.3 Å². The first-order valence-electron chi connectivity index (χ1n) is 7.59. The number of benzene rings is 1. The number of nitrogens with zero attached hydrogens (tertiary/aromatic N) is 1. The number of amides is 3.